The van der Waals surface area contributed by atoms with Crippen molar-refractivity contribution in [3.63, 3.8) is 0 Å². The lowest BCUT2D eigenvalue weighted by Crippen LogP contribution is -1.97. The molecule has 0 fully saturated rings. The van der Waals surface area contributed by atoms with Crippen LogP contribution >= 0.6 is 15.9 Å². The van der Waals surface area contributed by atoms with Gasteiger partial charge in [0.1, 0.15) is 0 Å². The van der Waals surface area contributed by atoms with Gasteiger partial charge < -0.3 is 5.11 Å². The average molecular weight is 215 g/mol. The van der Waals surface area contributed by atoms with Gasteiger partial charge in [0.25, 0.3) is 0 Å². The van der Waals surface area contributed by atoms with Crippen LogP contribution in [-0.4, -0.2) is 10.4 Å². The topological polar surface area (TPSA) is 20.2 Å². The zero-order valence-electron chi connectivity index (χ0n) is 6.42. The Morgan fingerprint density at radius 2 is 1.91 bits per heavy atom. The third kappa shape index (κ3) is 2.31. The molecule has 1 N–H and O–H groups in total. The zero-order chi connectivity index (χ0) is 8.27. The molecular weight excluding hydrogens is 204 g/mol. The molecule has 0 bridgehead atoms. The molecular formula is C9H11BrO. The second-order valence-corrected chi connectivity index (χ2v) is 3.23. The van der Waals surface area contributed by atoms with Crippen LogP contribution in [0.1, 0.15) is 17.2 Å². The van der Waals surface area contributed by atoms with Crippen molar-refractivity contribution in [1.82, 2.24) is 0 Å². The van der Waals surface area contributed by atoms with Crippen LogP contribution in [0.4, 0.5) is 0 Å². The summed E-state index contributed by atoms with van der Waals surface area (Å²) >= 11 is 3.22. The number of hydrogen-bond donors (Lipinski definition) is 1. The van der Waals surface area contributed by atoms with Crippen molar-refractivity contribution in [3.8, 4) is 0 Å². The van der Waals surface area contributed by atoms with Crippen LogP contribution in [0.5, 0.6) is 0 Å². The van der Waals surface area contributed by atoms with Gasteiger partial charge in [-0.3, -0.25) is 0 Å². The van der Waals surface area contributed by atoms with Crippen LogP contribution in [0.2, 0.25) is 0 Å². The van der Waals surface area contributed by atoms with E-state index < -0.39 is 0 Å². The molecule has 0 saturated heterocycles. The lowest BCUT2D eigenvalue weighted by molar-refractivity contribution is 0.205. The predicted octanol–water partition coefficient (Wildman–Crippen LogP) is 2.42. The first kappa shape index (κ1) is 8.75. The van der Waals surface area contributed by atoms with E-state index in [2.05, 4.69) is 15.9 Å². The maximum Gasteiger partial charge on any atom is 0.0886 e. The van der Waals surface area contributed by atoms with Gasteiger partial charge in [0.2, 0.25) is 0 Å². The molecule has 0 aromatic heterocycles. The fraction of sp³-hybridized carbons (Fsp3) is 0.333. The summed E-state index contributed by atoms with van der Waals surface area (Å²) in [6.07, 6.45) is -0.379. The number of aliphatic hydroxyl groups excluding tert-OH is 1. The van der Waals surface area contributed by atoms with Gasteiger partial charge >= 0.3 is 0 Å². The minimum Gasteiger partial charge on any atom is -0.388 e. The van der Waals surface area contributed by atoms with Crippen molar-refractivity contribution in [2.24, 2.45) is 0 Å². The van der Waals surface area contributed by atoms with Crippen molar-refractivity contribution in [3.05, 3.63) is 35.4 Å². The van der Waals surface area contributed by atoms with E-state index in [-0.39, 0.29) is 6.10 Å². The summed E-state index contributed by atoms with van der Waals surface area (Å²) in [5.74, 6) is 0. The Kier molecular flexibility index (Phi) is 3.09. The SMILES string of the molecule is Cc1ccc([C@@H](O)CBr)cc1. The summed E-state index contributed by atoms with van der Waals surface area (Å²) in [5.41, 5.74) is 2.18. The lowest BCUT2D eigenvalue weighted by atomic mass is 10.1. The standard InChI is InChI=1S/C9H11BrO/c1-7-2-4-8(5-3-7)9(11)6-10/h2-5,9,11H,6H2,1H3/t9-/m0/s1. The van der Waals surface area contributed by atoms with Gasteiger partial charge in [-0.2, -0.15) is 0 Å². The molecule has 11 heavy (non-hydrogen) atoms. The Morgan fingerprint density at radius 3 is 2.36 bits per heavy atom. The highest BCUT2D eigenvalue weighted by molar-refractivity contribution is 9.09. The van der Waals surface area contributed by atoms with Crippen LogP contribution in [0.15, 0.2) is 24.3 Å². The van der Waals surface area contributed by atoms with Gasteiger partial charge in [0, 0.05) is 5.33 Å². The molecule has 0 heterocycles. The number of aryl methyl sites for hydroxylation is 1. The monoisotopic (exact) mass is 214 g/mol. The fourth-order valence-electron chi connectivity index (χ4n) is 0.878. The third-order valence-electron chi connectivity index (χ3n) is 1.61. The van der Waals surface area contributed by atoms with Crippen molar-refractivity contribution in [2.75, 3.05) is 5.33 Å². The van der Waals surface area contributed by atoms with Crippen LogP contribution in [0.25, 0.3) is 0 Å². The first-order valence-corrected chi connectivity index (χ1v) is 4.67. The molecule has 0 amide bonds. The summed E-state index contributed by atoms with van der Waals surface area (Å²) in [6, 6.07) is 7.89. The first-order chi connectivity index (χ1) is 5.24. The van der Waals surface area contributed by atoms with E-state index in [1.165, 1.54) is 5.56 Å². The van der Waals surface area contributed by atoms with Gasteiger partial charge in [0.15, 0.2) is 0 Å². The highest BCUT2D eigenvalue weighted by atomic mass is 79.9. The number of halogens is 1. The number of rotatable bonds is 2. The Labute approximate surface area is 75.2 Å². The van der Waals surface area contributed by atoms with E-state index >= 15 is 0 Å². The average Bonchev–Trinajstić information content (AvgIpc) is 2.05. The molecule has 60 valence electrons. The molecule has 0 unspecified atom stereocenters. The van der Waals surface area contributed by atoms with Crippen LogP contribution < -0.4 is 0 Å². The van der Waals surface area contributed by atoms with Crippen molar-refractivity contribution >= 4 is 15.9 Å². The fourth-order valence-corrected chi connectivity index (χ4v) is 1.25. The van der Waals surface area contributed by atoms with Crippen molar-refractivity contribution < 1.29 is 5.11 Å². The molecule has 1 aromatic carbocycles. The molecule has 0 spiro atoms. The maximum atomic E-state index is 9.37. The quantitative estimate of drug-likeness (QED) is 0.751. The molecule has 1 rings (SSSR count). The summed E-state index contributed by atoms with van der Waals surface area (Å²) in [7, 11) is 0. The van der Waals surface area contributed by atoms with E-state index in [1.54, 1.807) is 0 Å². The summed E-state index contributed by atoms with van der Waals surface area (Å²) < 4.78 is 0. The van der Waals surface area contributed by atoms with Crippen molar-refractivity contribution in [1.29, 1.82) is 0 Å². The highest BCUT2D eigenvalue weighted by Crippen LogP contribution is 2.14. The Bertz CT molecular complexity index is 218. The van der Waals surface area contributed by atoms with Crippen LogP contribution in [0, 0.1) is 6.92 Å². The van der Waals surface area contributed by atoms with Gasteiger partial charge in [-0.1, -0.05) is 45.8 Å². The zero-order valence-corrected chi connectivity index (χ0v) is 8.01. The van der Waals surface area contributed by atoms with Crippen LogP contribution in [-0.2, 0) is 0 Å². The smallest absolute Gasteiger partial charge is 0.0886 e. The molecule has 1 atom stereocenters. The Morgan fingerprint density at radius 1 is 1.36 bits per heavy atom. The normalized spacial score (nSPS) is 13.0. The second kappa shape index (κ2) is 3.88. The van der Waals surface area contributed by atoms with Gasteiger partial charge in [0.05, 0.1) is 6.10 Å². The van der Waals surface area contributed by atoms with E-state index in [4.69, 9.17) is 0 Å². The number of benzene rings is 1. The maximum absolute atomic E-state index is 9.37. The largest absolute Gasteiger partial charge is 0.388 e. The molecule has 1 nitrogen and oxygen atoms in total. The van der Waals surface area contributed by atoms with Gasteiger partial charge in [-0.25, -0.2) is 0 Å². The summed E-state index contributed by atoms with van der Waals surface area (Å²) in [4.78, 5) is 0. The van der Waals surface area contributed by atoms with Gasteiger partial charge in [-0.05, 0) is 12.5 Å². The molecule has 0 aliphatic heterocycles. The number of hydrogen-bond acceptors (Lipinski definition) is 1. The third-order valence-corrected chi connectivity index (χ3v) is 2.22. The molecule has 0 saturated carbocycles. The molecule has 0 aliphatic carbocycles. The first-order valence-electron chi connectivity index (χ1n) is 3.54. The summed E-state index contributed by atoms with van der Waals surface area (Å²) in [6.45, 7) is 2.03. The minimum absolute atomic E-state index is 0.379. The number of alkyl halides is 1. The van der Waals surface area contributed by atoms with E-state index in [0.717, 1.165) is 5.56 Å². The predicted molar refractivity (Wildman–Crippen MR) is 49.9 cm³/mol. The van der Waals surface area contributed by atoms with Gasteiger partial charge in [-0.15, -0.1) is 0 Å². The molecule has 2 heteroatoms. The number of aliphatic hydroxyl groups is 1. The Hall–Kier alpha value is -0.340. The minimum atomic E-state index is -0.379. The summed E-state index contributed by atoms with van der Waals surface area (Å²) in [5, 5.41) is 9.97. The van der Waals surface area contributed by atoms with Crippen LogP contribution in [0.3, 0.4) is 0 Å². The molecule has 0 radical (unpaired) electrons. The molecule has 1 aromatic rings. The van der Waals surface area contributed by atoms with E-state index in [0.29, 0.717) is 5.33 Å². The van der Waals surface area contributed by atoms with Crippen molar-refractivity contribution in [2.45, 2.75) is 13.0 Å². The Balaban J connectivity index is 2.81. The lowest BCUT2D eigenvalue weighted by Gasteiger charge is -2.06. The van der Waals surface area contributed by atoms with E-state index in [1.807, 2.05) is 31.2 Å². The highest BCUT2D eigenvalue weighted by Gasteiger charge is 2.03. The second-order valence-electron chi connectivity index (χ2n) is 2.58. The van der Waals surface area contributed by atoms with E-state index in [9.17, 15) is 5.11 Å². The molecule has 0 aliphatic rings.